The topological polar surface area (TPSA) is 54.3 Å². The zero-order valence-corrected chi connectivity index (χ0v) is 10.9. The van der Waals surface area contributed by atoms with Crippen LogP contribution in [-0.4, -0.2) is 33.9 Å². The van der Waals surface area contributed by atoms with Crippen LogP contribution >= 0.6 is 0 Å². The second kappa shape index (κ2) is 5.87. The summed E-state index contributed by atoms with van der Waals surface area (Å²) in [6, 6.07) is 2.36. The number of aliphatic hydroxyl groups is 1. The first kappa shape index (κ1) is 14.9. The van der Waals surface area contributed by atoms with Gasteiger partial charge < -0.3 is 15.0 Å². The third kappa shape index (κ3) is 3.75. The van der Waals surface area contributed by atoms with E-state index in [1.807, 2.05) is 0 Å². The van der Waals surface area contributed by atoms with E-state index >= 15 is 0 Å². The molecule has 2 rings (SSSR count). The SMILES string of the molecule is O=C(N[C@@H]1CCCC[C@H]1O)c1cccn1CC(F)(F)F. The van der Waals surface area contributed by atoms with Crippen molar-refractivity contribution in [3.63, 3.8) is 0 Å². The number of aliphatic hydroxyl groups excluding tert-OH is 1. The fraction of sp³-hybridized carbons (Fsp3) is 0.615. The molecule has 0 spiro atoms. The molecule has 112 valence electrons. The van der Waals surface area contributed by atoms with Crippen molar-refractivity contribution in [3.05, 3.63) is 24.0 Å². The van der Waals surface area contributed by atoms with Crippen LogP contribution in [0.5, 0.6) is 0 Å². The van der Waals surface area contributed by atoms with Crippen molar-refractivity contribution >= 4 is 5.91 Å². The first-order valence-corrected chi connectivity index (χ1v) is 6.57. The number of alkyl halides is 3. The van der Waals surface area contributed by atoms with Crippen molar-refractivity contribution in [1.29, 1.82) is 0 Å². The number of halogens is 3. The van der Waals surface area contributed by atoms with Gasteiger partial charge in [-0.05, 0) is 25.0 Å². The van der Waals surface area contributed by atoms with Gasteiger partial charge in [-0.3, -0.25) is 4.79 Å². The number of carbonyl (C=O) groups excluding carboxylic acids is 1. The number of nitrogens with zero attached hydrogens (tertiary/aromatic N) is 1. The maximum atomic E-state index is 12.4. The minimum atomic E-state index is -4.38. The van der Waals surface area contributed by atoms with E-state index < -0.39 is 24.7 Å². The quantitative estimate of drug-likeness (QED) is 0.895. The first-order valence-electron chi connectivity index (χ1n) is 6.57. The zero-order chi connectivity index (χ0) is 14.8. The van der Waals surface area contributed by atoms with Gasteiger partial charge in [0.25, 0.3) is 5.91 Å². The lowest BCUT2D eigenvalue weighted by molar-refractivity contribution is -0.140. The van der Waals surface area contributed by atoms with Crippen LogP contribution in [0.2, 0.25) is 0 Å². The van der Waals surface area contributed by atoms with E-state index in [2.05, 4.69) is 5.32 Å². The molecular formula is C13H17F3N2O2. The van der Waals surface area contributed by atoms with E-state index in [9.17, 15) is 23.1 Å². The summed E-state index contributed by atoms with van der Waals surface area (Å²) in [6.45, 7) is -1.20. The van der Waals surface area contributed by atoms with Crippen molar-refractivity contribution in [2.24, 2.45) is 0 Å². The molecule has 1 aromatic rings. The number of aromatic nitrogens is 1. The van der Waals surface area contributed by atoms with Crippen LogP contribution in [-0.2, 0) is 6.54 Å². The Morgan fingerprint density at radius 3 is 2.75 bits per heavy atom. The molecule has 4 nitrogen and oxygen atoms in total. The van der Waals surface area contributed by atoms with Crippen molar-refractivity contribution in [2.45, 2.75) is 50.6 Å². The van der Waals surface area contributed by atoms with Gasteiger partial charge in [-0.15, -0.1) is 0 Å². The number of amides is 1. The Balaban J connectivity index is 2.04. The van der Waals surface area contributed by atoms with Gasteiger partial charge >= 0.3 is 6.18 Å². The number of nitrogens with one attached hydrogen (secondary N) is 1. The third-order valence-corrected chi connectivity index (χ3v) is 3.46. The van der Waals surface area contributed by atoms with Crippen LogP contribution in [0.25, 0.3) is 0 Å². The minimum Gasteiger partial charge on any atom is -0.391 e. The molecule has 1 aromatic heterocycles. The summed E-state index contributed by atoms with van der Waals surface area (Å²) in [5.74, 6) is -0.579. The molecule has 0 unspecified atom stereocenters. The van der Waals surface area contributed by atoms with E-state index in [0.717, 1.165) is 17.4 Å². The average Bonchev–Trinajstić information content (AvgIpc) is 2.77. The standard InChI is InChI=1S/C13H17F3N2O2/c14-13(15,16)8-18-7-3-5-10(18)12(20)17-9-4-1-2-6-11(9)19/h3,5,7,9,11,19H,1-2,4,6,8H2,(H,17,20)/t9-,11-/m1/s1. The van der Waals surface area contributed by atoms with E-state index in [4.69, 9.17) is 0 Å². The number of rotatable bonds is 3. The molecule has 0 aliphatic heterocycles. The lowest BCUT2D eigenvalue weighted by Gasteiger charge is -2.28. The Bertz CT molecular complexity index is 470. The zero-order valence-electron chi connectivity index (χ0n) is 10.9. The summed E-state index contributed by atoms with van der Waals surface area (Å²) in [5.41, 5.74) is -0.0416. The highest BCUT2D eigenvalue weighted by Crippen LogP contribution is 2.21. The second-order valence-electron chi connectivity index (χ2n) is 5.07. The Morgan fingerprint density at radius 2 is 2.10 bits per heavy atom. The molecule has 1 fully saturated rings. The second-order valence-corrected chi connectivity index (χ2v) is 5.07. The Hall–Kier alpha value is -1.50. The van der Waals surface area contributed by atoms with E-state index in [-0.39, 0.29) is 11.7 Å². The van der Waals surface area contributed by atoms with Crippen molar-refractivity contribution in [1.82, 2.24) is 9.88 Å². The van der Waals surface area contributed by atoms with Crippen LogP contribution < -0.4 is 5.32 Å². The lowest BCUT2D eigenvalue weighted by atomic mass is 9.92. The van der Waals surface area contributed by atoms with Gasteiger partial charge in [-0.2, -0.15) is 13.2 Å². The Kier molecular flexibility index (Phi) is 4.37. The van der Waals surface area contributed by atoms with E-state index in [1.54, 1.807) is 0 Å². The Morgan fingerprint density at radius 1 is 1.40 bits per heavy atom. The summed E-state index contributed by atoms with van der Waals surface area (Å²) in [5, 5.41) is 12.4. The van der Waals surface area contributed by atoms with Crippen LogP contribution in [0.15, 0.2) is 18.3 Å². The molecule has 1 saturated carbocycles. The van der Waals surface area contributed by atoms with Gasteiger partial charge in [0.05, 0.1) is 12.1 Å². The molecule has 1 aliphatic carbocycles. The predicted octanol–water partition coefficient (Wildman–Crippen LogP) is 2.08. The molecule has 1 heterocycles. The van der Waals surface area contributed by atoms with Crippen LogP contribution in [0.1, 0.15) is 36.2 Å². The fourth-order valence-corrected chi connectivity index (χ4v) is 2.47. The van der Waals surface area contributed by atoms with E-state index in [1.165, 1.54) is 18.3 Å². The molecule has 0 aromatic carbocycles. The summed E-state index contributed by atoms with van der Waals surface area (Å²) < 4.78 is 38.0. The van der Waals surface area contributed by atoms with Gasteiger partial charge in [-0.25, -0.2) is 0 Å². The molecule has 0 radical (unpaired) electrons. The lowest BCUT2D eigenvalue weighted by Crippen LogP contribution is -2.45. The van der Waals surface area contributed by atoms with Gasteiger partial charge in [0.1, 0.15) is 12.2 Å². The molecule has 2 N–H and O–H groups in total. The highest BCUT2D eigenvalue weighted by Gasteiger charge is 2.30. The van der Waals surface area contributed by atoms with Gasteiger partial charge in [0.15, 0.2) is 0 Å². The van der Waals surface area contributed by atoms with Gasteiger partial charge in [0.2, 0.25) is 0 Å². The van der Waals surface area contributed by atoms with Crippen molar-refractivity contribution < 1.29 is 23.1 Å². The molecule has 20 heavy (non-hydrogen) atoms. The van der Waals surface area contributed by atoms with Crippen LogP contribution in [0, 0.1) is 0 Å². The summed E-state index contributed by atoms with van der Waals surface area (Å²) >= 11 is 0. The molecule has 0 saturated heterocycles. The van der Waals surface area contributed by atoms with Crippen molar-refractivity contribution in [3.8, 4) is 0 Å². The van der Waals surface area contributed by atoms with Crippen LogP contribution in [0.4, 0.5) is 13.2 Å². The fourth-order valence-electron chi connectivity index (χ4n) is 2.47. The van der Waals surface area contributed by atoms with Gasteiger partial charge in [0, 0.05) is 6.20 Å². The predicted molar refractivity (Wildman–Crippen MR) is 66.2 cm³/mol. The molecule has 2 atom stereocenters. The first-order chi connectivity index (χ1) is 9.37. The van der Waals surface area contributed by atoms with Crippen LogP contribution in [0.3, 0.4) is 0 Å². The summed E-state index contributed by atoms with van der Waals surface area (Å²) in [7, 11) is 0. The monoisotopic (exact) mass is 290 g/mol. The largest absolute Gasteiger partial charge is 0.406 e. The molecular weight excluding hydrogens is 273 g/mol. The summed E-state index contributed by atoms with van der Waals surface area (Å²) in [6.07, 6.45) is -0.734. The van der Waals surface area contributed by atoms with E-state index in [0.29, 0.717) is 12.8 Å². The molecule has 1 amide bonds. The van der Waals surface area contributed by atoms with Crippen molar-refractivity contribution in [2.75, 3.05) is 0 Å². The minimum absolute atomic E-state index is 0.0416. The third-order valence-electron chi connectivity index (χ3n) is 3.46. The summed E-state index contributed by atoms with van der Waals surface area (Å²) in [4.78, 5) is 12.0. The molecule has 1 aliphatic rings. The number of carbonyl (C=O) groups is 1. The normalized spacial score (nSPS) is 23.6. The smallest absolute Gasteiger partial charge is 0.391 e. The molecule has 7 heteroatoms. The highest BCUT2D eigenvalue weighted by molar-refractivity contribution is 5.93. The number of hydrogen-bond donors (Lipinski definition) is 2. The molecule has 0 bridgehead atoms. The average molecular weight is 290 g/mol. The van der Waals surface area contributed by atoms with Gasteiger partial charge in [-0.1, -0.05) is 12.8 Å². The maximum absolute atomic E-state index is 12.4. The Labute approximate surface area is 114 Å². The maximum Gasteiger partial charge on any atom is 0.406 e. The highest BCUT2D eigenvalue weighted by atomic mass is 19.4. The number of hydrogen-bond acceptors (Lipinski definition) is 2.